The van der Waals surface area contributed by atoms with Gasteiger partial charge in [-0.05, 0) is 37.6 Å². The minimum atomic E-state index is -0.934. The molecule has 0 bridgehead atoms. The third-order valence-corrected chi connectivity index (χ3v) is 4.82. The fourth-order valence-corrected chi connectivity index (χ4v) is 3.28. The zero-order chi connectivity index (χ0) is 18.5. The van der Waals surface area contributed by atoms with Crippen LogP contribution in [0.1, 0.15) is 29.5 Å². The lowest BCUT2D eigenvalue weighted by Gasteiger charge is -2.29. The van der Waals surface area contributed by atoms with Crippen molar-refractivity contribution in [3.05, 3.63) is 52.7 Å². The van der Waals surface area contributed by atoms with Crippen molar-refractivity contribution < 1.29 is 13.9 Å². The Morgan fingerprint density at radius 3 is 2.96 bits per heavy atom. The number of halogens is 2. The van der Waals surface area contributed by atoms with E-state index in [0.717, 1.165) is 6.42 Å². The number of amidine groups is 1. The highest BCUT2D eigenvalue weighted by atomic mass is 35.5. The Balaban J connectivity index is 1.64. The number of amides is 1. The number of hydrogen-bond acceptors (Lipinski definition) is 6. The summed E-state index contributed by atoms with van der Waals surface area (Å²) in [7, 11) is 0. The van der Waals surface area contributed by atoms with Crippen molar-refractivity contribution in [2.75, 3.05) is 5.32 Å². The lowest BCUT2D eigenvalue weighted by molar-refractivity contribution is 0.102. The van der Waals surface area contributed by atoms with Gasteiger partial charge >= 0.3 is 0 Å². The van der Waals surface area contributed by atoms with Gasteiger partial charge in [-0.25, -0.2) is 19.4 Å². The van der Waals surface area contributed by atoms with E-state index in [4.69, 9.17) is 22.1 Å². The van der Waals surface area contributed by atoms with E-state index in [2.05, 4.69) is 20.3 Å². The Bertz CT molecular complexity index is 920. The van der Waals surface area contributed by atoms with Gasteiger partial charge in [-0.15, -0.1) is 0 Å². The van der Waals surface area contributed by atoms with Crippen LogP contribution in [-0.4, -0.2) is 28.0 Å². The number of nitrogens with two attached hydrogens (primary N) is 1. The summed E-state index contributed by atoms with van der Waals surface area (Å²) in [6.45, 7) is 1.77. The van der Waals surface area contributed by atoms with Crippen molar-refractivity contribution in [1.82, 2.24) is 9.97 Å². The highest BCUT2D eigenvalue weighted by Crippen LogP contribution is 2.52. The van der Waals surface area contributed by atoms with E-state index < -0.39 is 17.3 Å². The smallest absolute Gasteiger partial charge is 0.283 e. The topological polar surface area (TPSA) is 102 Å². The largest absolute Gasteiger partial charge is 0.462 e. The molecule has 0 saturated heterocycles. The number of fused-ring (bicyclic) bond motifs is 1. The van der Waals surface area contributed by atoms with Gasteiger partial charge in [0.2, 0.25) is 0 Å². The van der Waals surface area contributed by atoms with Gasteiger partial charge < -0.3 is 15.8 Å². The fraction of sp³-hybridized carbons (Fsp3) is 0.294. The van der Waals surface area contributed by atoms with E-state index in [9.17, 15) is 9.18 Å². The van der Waals surface area contributed by atoms with Crippen LogP contribution in [0.4, 0.5) is 10.2 Å². The Kier molecular flexibility index (Phi) is 3.80. The summed E-state index contributed by atoms with van der Waals surface area (Å²) in [5.74, 6) is -0.794. The van der Waals surface area contributed by atoms with Crippen molar-refractivity contribution in [2.45, 2.75) is 25.0 Å². The number of anilines is 1. The van der Waals surface area contributed by atoms with E-state index in [1.54, 1.807) is 13.0 Å². The van der Waals surface area contributed by atoms with Gasteiger partial charge in [-0.3, -0.25) is 4.79 Å². The molecule has 26 heavy (non-hydrogen) atoms. The summed E-state index contributed by atoms with van der Waals surface area (Å²) in [4.78, 5) is 24.8. The van der Waals surface area contributed by atoms with Crippen LogP contribution in [0.25, 0.3) is 0 Å². The average molecular weight is 376 g/mol. The first kappa shape index (κ1) is 16.7. The number of aliphatic imine (C=N–C) groups is 1. The van der Waals surface area contributed by atoms with E-state index >= 15 is 0 Å². The van der Waals surface area contributed by atoms with Crippen molar-refractivity contribution in [3.8, 4) is 0 Å². The predicted molar refractivity (Wildman–Crippen MR) is 93.3 cm³/mol. The third kappa shape index (κ3) is 2.86. The predicted octanol–water partition coefficient (Wildman–Crippen LogP) is 2.47. The molecule has 2 aliphatic rings. The first-order chi connectivity index (χ1) is 12.4. The lowest BCUT2D eigenvalue weighted by Crippen LogP contribution is -2.36. The highest BCUT2D eigenvalue weighted by molar-refractivity contribution is 6.30. The van der Waals surface area contributed by atoms with Gasteiger partial charge in [-0.2, -0.15) is 0 Å². The quantitative estimate of drug-likeness (QED) is 0.857. The maximum absolute atomic E-state index is 14.5. The van der Waals surface area contributed by atoms with Gasteiger partial charge in [0.25, 0.3) is 11.9 Å². The molecule has 1 aliphatic carbocycles. The van der Waals surface area contributed by atoms with Crippen LogP contribution in [0.15, 0.2) is 35.5 Å². The zero-order valence-electron chi connectivity index (χ0n) is 13.7. The minimum Gasteiger partial charge on any atom is -0.462 e. The number of aromatic nitrogens is 2. The molecule has 0 radical (unpaired) electrons. The summed E-state index contributed by atoms with van der Waals surface area (Å²) >= 11 is 5.76. The average Bonchev–Trinajstić information content (AvgIpc) is 3.37. The van der Waals surface area contributed by atoms with Crippen molar-refractivity contribution in [3.63, 3.8) is 0 Å². The molecule has 3 atom stereocenters. The second-order valence-corrected chi connectivity index (χ2v) is 6.88. The van der Waals surface area contributed by atoms with Gasteiger partial charge in [0.1, 0.15) is 34.7 Å². The van der Waals surface area contributed by atoms with Crippen molar-refractivity contribution in [1.29, 1.82) is 0 Å². The van der Waals surface area contributed by atoms with E-state index in [1.165, 1.54) is 24.4 Å². The maximum atomic E-state index is 14.5. The molecule has 134 valence electrons. The molecule has 3 heterocycles. The molecular weight excluding hydrogens is 361 g/mol. The van der Waals surface area contributed by atoms with Gasteiger partial charge in [0, 0.05) is 12.1 Å². The van der Waals surface area contributed by atoms with Crippen LogP contribution in [0.5, 0.6) is 0 Å². The number of rotatable bonds is 3. The van der Waals surface area contributed by atoms with Crippen LogP contribution in [0.2, 0.25) is 5.02 Å². The first-order valence-corrected chi connectivity index (χ1v) is 8.36. The zero-order valence-corrected chi connectivity index (χ0v) is 14.5. The van der Waals surface area contributed by atoms with Crippen LogP contribution in [0.3, 0.4) is 0 Å². The lowest BCUT2D eigenvalue weighted by atomic mass is 9.90. The number of nitrogens with one attached hydrogen (secondary N) is 1. The second kappa shape index (κ2) is 5.91. The number of carbonyl (C=O) groups is 1. The summed E-state index contributed by atoms with van der Waals surface area (Å²) in [5.41, 5.74) is 5.07. The maximum Gasteiger partial charge on any atom is 0.283 e. The monoisotopic (exact) mass is 375 g/mol. The molecule has 1 amide bonds. The van der Waals surface area contributed by atoms with E-state index in [1.807, 2.05) is 0 Å². The van der Waals surface area contributed by atoms with Crippen LogP contribution in [-0.2, 0) is 10.3 Å². The number of ether oxygens (including phenoxy) is 1. The number of hydrogen-bond donors (Lipinski definition) is 2. The van der Waals surface area contributed by atoms with Crippen LogP contribution in [0, 0.1) is 11.7 Å². The Labute approximate surface area is 153 Å². The van der Waals surface area contributed by atoms with Gasteiger partial charge in [0.15, 0.2) is 0 Å². The molecule has 7 nitrogen and oxygen atoms in total. The summed E-state index contributed by atoms with van der Waals surface area (Å²) < 4.78 is 19.8. The van der Waals surface area contributed by atoms with Crippen LogP contribution >= 0.6 is 11.6 Å². The molecule has 9 heteroatoms. The standard InChI is InChI=1S/C17H15ClFN5O2/c1-17(9-6-12(9)26-16(20)24-17)14-10(19)3-5-13(22-14)23-15(25)11-4-2-8(18)7-21-11/h2-5,7,9,12H,6H2,1H3,(H2,20,24)(H,22,23,25)/t9-,12+,17+/m0/s1. The Morgan fingerprint density at radius 2 is 2.23 bits per heavy atom. The molecule has 2 aromatic heterocycles. The van der Waals surface area contributed by atoms with Crippen molar-refractivity contribution >= 4 is 29.3 Å². The second-order valence-electron chi connectivity index (χ2n) is 6.44. The molecule has 3 N–H and O–H groups in total. The summed E-state index contributed by atoms with van der Waals surface area (Å²) in [6.07, 6.45) is 2.02. The molecule has 2 aromatic rings. The Hall–Kier alpha value is -2.74. The molecular formula is C17H15ClFN5O2. The molecule has 1 saturated carbocycles. The van der Waals surface area contributed by atoms with Crippen molar-refractivity contribution in [2.24, 2.45) is 16.6 Å². The number of carbonyl (C=O) groups excluding carboxylic acids is 1. The molecule has 1 fully saturated rings. The molecule has 0 aromatic carbocycles. The number of nitrogens with zero attached hydrogens (tertiary/aromatic N) is 3. The van der Waals surface area contributed by atoms with Gasteiger partial charge in [-0.1, -0.05) is 11.6 Å². The van der Waals surface area contributed by atoms with Gasteiger partial charge in [0.05, 0.1) is 5.02 Å². The van der Waals surface area contributed by atoms with E-state index in [-0.39, 0.29) is 35.2 Å². The highest BCUT2D eigenvalue weighted by Gasteiger charge is 2.58. The normalized spacial score (nSPS) is 26.3. The third-order valence-electron chi connectivity index (χ3n) is 4.60. The molecule has 0 spiro atoms. The first-order valence-electron chi connectivity index (χ1n) is 7.99. The SMILES string of the molecule is C[C@@]1(c2nc(NC(=O)c3ccc(Cl)cn3)ccc2F)N=C(N)O[C@@H]2C[C@@H]21. The molecule has 4 rings (SSSR count). The molecule has 0 unspecified atom stereocenters. The van der Waals surface area contributed by atoms with E-state index in [0.29, 0.717) is 5.02 Å². The summed E-state index contributed by atoms with van der Waals surface area (Å²) in [5, 5.41) is 3.03. The fourth-order valence-electron chi connectivity index (χ4n) is 3.17. The minimum absolute atomic E-state index is 0.000633. The molecule has 1 aliphatic heterocycles. The summed E-state index contributed by atoms with van der Waals surface area (Å²) in [6, 6.07) is 5.69. The Morgan fingerprint density at radius 1 is 1.42 bits per heavy atom. The number of pyridine rings is 2. The van der Waals surface area contributed by atoms with Crippen LogP contribution < -0.4 is 11.1 Å².